The van der Waals surface area contributed by atoms with E-state index in [4.69, 9.17) is 18.8 Å². The van der Waals surface area contributed by atoms with Gasteiger partial charge in [0.1, 0.15) is 11.0 Å². The molecule has 0 fully saturated rings. The molecule has 0 aliphatic carbocycles. The molecule has 11 rings (SSSR count). The van der Waals surface area contributed by atoms with E-state index in [9.17, 15) is 0 Å². The van der Waals surface area contributed by atoms with Gasteiger partial charge < -0.3 is 8.83 Å². The Bertz CT molecular complexity index is 3190. The number of fused-ring (bicyclic) bond motifs is 3. The molecule has 4 aromatic heterocycles. The predicted octanol–water partition coefficient (Wildman–Crippen LogP) is 13.6. The third-order valence-electron chi connectivity index (χ3n) is 10.7. The van der Waals surface area contributed by atoms with Crippen LogP contribution in [0.3, 0.4) is 0 Å². The summed E-state index contributed by atoms with van der Waals surface area (Å²) in [5.41, 5.74) is 15.3. The molecule has 0 amide bonds. The van der Waals surface area contributed by atoms with E-state index in [1.165, 1.54) is 0 Å². The second kappa shape index (κ2) is 14.0. The third kappa shape index (κ3) is 6.01. The molecule has 58 heavy (non-hydrogen) atoms. The van der Waals surface area contributed by atoms with E-state index in [1.807, 2.05) is 66.7 Å². The Balaban J connectivity index is 0.959. The zero-order valence-electron chi connectivity index (χ0n) is 31.1. The van der Waals surface area contributed by atoms with Crippen LogP contribution in [0.4, 0.5) is 0 Å². The van der Waals surface area contributed by atoms with Crippen molar-refractivity contribution in [2.24, 2.45) is 0 Å². The van der Waals surface area contributed by atoms with Crippen LogP contribution < -0.4 is 0 Å². The van der Waals surface area contributed by atoms with Crippen molar-refractivity contribution in [2.45, 2.75) is 0 Å². The second-order valence-electron chi connectivity index (χ2n) is 14.2. The van der Waals surface area contributed by atoms with Gasteiger partial charge in [0.05, 0.1) is 17.1 Å². The quantitative estimate of drug-likeness (QED) is 0.162. The molecule has 6 nitrogen and oxygen atoms in total. The average Bonchev–Trinajstić information content (AvgIpc) is 3.94. The summed E-state index contributed by atoms with van der Waals surface area (Å²) in [6.07, 6.45) is 1.81. The van der Waals surface area contributed by atoms with E-state index in [2.05, 4.69) is 131 Å². The van der Waals surface area contributed by atoms with Gasteiger partial charge in [-0.15, -0.1) is 0 Å². The largest absolute Gasteiger partial charge is 0.436 e. The maximum absolute atomic E-state index is 6.05. The molecular weight excluding hydrogens is 713 g/mol. The number of hydrogen-bond donors (Lipinski definition) is 0. The van der Waals surface area contributed by atoms with Crippen LogP contribution in [0.1, 0.15) is 0 Å². The van der Waals surface area contributed by atoms with Crippen LogP contribution in [0.5, 0.6) is 0 Å². The molecule has 0 unspecified atom stereocenters. The van der Waals surface area contributed by atoms with E-state index in [0.29, 0.717) is 11.8 Å². The highest BCUT2D eigenvalue weighted by Gasteiger charge is 2.17. The first-order chi connectivity index (χ1) is 28.7. The molecule has 0 aliphatic rings. The van der Waals surface area contributed by atoms with Gasteiger partial charge in [0.15, 0.2) is 11.2 Å². The van der Waals surface area contributed by atoms with Crippen molar-refractivity contribution in [3.8, 4) is 78.9 Å². The summed E-state index contributed by atoms with van der Waals surface area (Å²) in [7, 11) is 0. The summed E-state index contributed by atoms with van der Waals surface area (Å²) in [5.74, 6) is 1.23. The van der Waals surface area contributed by atoms with E-state index >= 15 is 0 Å². The van der Waals surface area contributed by atoms with E-state index < -0.39 is 0 Å². The molecule has 0 spiro atoms. The molecule has 4 heterocycles. The van der Waals surface area contributed by atoms with Crippen LogP contribution in [0.25, 0.3) is 112 Å². The highest BCUT2D eigenvalue weighted by Crippen LogP contribution is 2.40. The van der Waals surface area contributed by atoms with Gasteiger partial charge >= 0.3 is 0 Å². The topological polar surface area (TPSA) is 77.8 Å². The highest BCUT2D eigenvalue weighted by molar-refractivity contribution is 6.06. The molecule has 0 saturated heterocycles. The lowest BCUT2D eigenvalue weighted by Gasteiger charge is -2.16. The summed E-state index contributed by atoms with van der Waals surface area (Å²) >= 11 is 0. The normalized spacial score (nSPS) is 11.4. The van der Waals surface area contributed by atoms with Crippen LogP contribution in [0.2, 0.25) is 0 Å². The minimum absolute atomic E-state index is 0.615. The Hall–Kier alpha value is -7.96. The number of benzene rings is 7. The van der Waals surface area contributed by atoms with Crippen LogP contribution in [-0.4, -0.2) is 19.9 Å². The monoisotopic (exact) mass is 744 g/mol. The van der Waals surface area contributed by atoms with Gasteiger partial charge in [-0.1, -0.05) is 115 Å². The summed E-state index contributed by atoms with van der Waals surface area (Å²) < 4.78 is 12.1. The predicted molar refractivity (Wildman–Crippen MR) is 233 cm³/mol. The fourth-order valence-corrected chi connectivity index (χ4v) is 7.76. The van der Waals surface area contributed by atoms with Gasteiger partial charge in [0.2, 0.25) is 11.8 Å². The lowest BCUT2D eigenvalue weighted by atomic mass is 9.90. The Morgan fingerprint density at radius 1 is 0.310 bits per heavy atom. The Morgan fingerprint density at radius 3 is 1.41 bits per heavy atom. The molecule has 272 valence electrons. The minimum Gasteiger partial charge on any atom is -0.436 e. The van der Waals surface area contributed by atoms with Crippen LogP contribution in [0.15, 0.2) is 203 Å². The molecule has 6 heteroatoms. The maximum atomic E-state index is 6.05. The van der Waals surface area contributed by atoms with Crippen molar-refractivity contribution in [3.63, 3.8) is 0 Å². The van der Waals surface area contributed by atoms with Crippen molar-refractivity contribution in [3.05, 3.63) is 194 Å². The SMILES string of the molecule is c1ccc(-c2ccc(-c3cccc4c(-c5ccc(-c6nc7ccccc7o6)cc5)cccc34)c(-c3ccc(-c4ccc(-c5nc6ccccc6o5)cc4)cc3)n2)nc1. The first-order valence-corrected chi connectivity index (χ1v) is 19.2. The van der Waals surface area contributed by atoms with Gasteiger partial charge in [0.25, 0.3) is 0 Å². The summed E-state index contributed by atoms with van der Waals surface area (Å²) in [6, 6.07) is 64.3. The number of aromatic nitrogens is 4. The smallest absolute Gasteiger partial charge is 0.227 e. The molecule has 0 N–H and O–H groups in total. The lowest BCUT2D eigenvalue weighted by Crippen LogP contribution is -1.95. The van der Waals surface area contributed by atoms with Gasteiger partial charge in [-0.25, -0.2) is 15.0 Å². The number of rotatable bonds is 7. The number of hydrogen-bond acceptors (Lipinski definition) is 6. The minimum atomic E-state index is 0.615. The average molecular weight is 745 g/mol. The Labute approximate surface area is 333 Å². The molecule has 0 atom stereocenters. The lowest BCUT2D eigenvalue weighted by molar-refractivity contribution is 0.619. The first kappa shape index (κ1) is 33.4. The second-order valence-corrected chi connectivity index (χ2v) is 14.2. The molecule has 0 aliphatic heterocycles. The molecule has 0 radical (unpaired) electrons. The maximum Gasteiger partial charge on any atom is 0.227 e. The number of pyridine rings is 2. The van der Waals surface area contributed by atoms with E-state index in [1.54, 1.807) is 6.20 Å². The van der Waals surface area contributed by atoms with Gasteiger partial charge in [-0.05, 0) is 111 Å². The van der Waals surface area contributed by atoms with Gasteiger partial charge in [-0.2, -0.15) is 0 Å². The van der Waals surface area contributed by atoms with Crippen molar-refractivity contribution in [1.29, 1.82) is 0 Å². The van der Waals surface area contributed by atoms with Crippen LogP contribution in [-0.2, 0) is 0 Å². The fourth-order valence-electron chi connectivity index (χ4n) is 7.76. The Morgan fingerprint density at radius 2 is 0.828 bits per heavy atom. The molecule has 11 aromatic rings. The Kier molecular flexibility index (Phi) is 8.04. The van der Waals surface area contributed by atoms with Crippen molar-refractivity contribution < 1.29 is 8.83 Å². The molecule has 7 aromatic carbocycles. The van der Waals surface area contributed by atoms with E-state index in [0.717, 1.165) is 100 Å². The molecule has 0 bridgehead atoms. The summed E-state index contributed by atoms with van der Waals surface area (Å²) in [4.78, 5) is 19.3. The van der Waals surface area contributed by atoms with E-state index in [-0.39, 0.29) is 0 Å². The van der Waals surface area contributed by atoms with Crippen molar-refractivity contribution in [2.75, 3.05) is 0 Å². The number of nitrogens with zero attached hydrogens (tertiary/aromatic N) is 4. The first-order valence-electron chi connectivity index (χ1n) is 19.2. The number of para-hydroxylation sites is 4. The summed E-state index contributed by atoms with van der Waals surface area (Å²) in [6.45, 7) is 0. The van der Waals surface area contributed by atoms with Gasteiger partial charge in [0, 0.05) is 28.5 Å². The number of oxazole rings is 2. The van der Waals surface area contributed by atoms with Crippen LogP contribution >= 0.6 is 0 Å². The zero-order valence-corrected chi connectivity index (χ0v) is 31.1. The summed E-state index contributed by atoms with van der Waals surface area (Å²) in [5, 5.41) is 2.30. The molecular formula is C52H32N4O2. The third-order valence-corrected chi connectivity index (χ3v) is 10.7. The van der Waals surface area contributed by atoms with Gasteiger partial charge in [-0.3, -0.25) is 4.98 Å². The zero-order chi connectivity index (χ0) is 38.4. The fraction of sp³-hybridized carbons (Fsp3) is 0. The van der Waals surface area contributed by atoms with Crippen molar-refractivity contribution >= 4 is 33.0 Å². The standard InChI is InChI=1S/C52H32N4O2/c1-3-16-48-46(14-1)55-51(57-48)37-26-20-34(21-27-37)33-18-24-36(25-19-33)50-43(30-31-45(54-50)44-13-5-6-32-53-44)42-12-8-10-40-39(9-7-11-41(40)42)35-22-28-38(29-23-35)52-56-47-15-2-4-17-49(47)58-52/h1-32H. The van der Waals surface area contributed by atoms with Crippen LogP contribution in [0, 0.1) is 0 Å². The van der Waals surface area contributed by atoms with Crippen molar-refractivity contribution in [1.82, 2.24) is 19.9 Å². The highest BCUT2D eigenvalue weighted by atomic mass is 16.4. The molecule has 0 saturated carbocycles.